The van der Waals surface area contributed by atoms with Crippen molar-refractivity contribution in [2.24, 2.45) is 5.92 Å². The zero-order valence-corrected chi connectivity index (χ0v) is 16.9. The first-order valence-electron chi connectivity index (χ1n) is 10.2. The van der Waals surface area contributed by atoms with Gasteiger partial charge in [0.05, 0.1) is 0 Å². The number of aryl methyl sites for hydroxylation is 1. The van der Waals surface area contributed by atoms with Crippen LogP contribution in [-0.2, 0) is 4.79 Å². The summed E-state index contributed by atoms with van der Waals surface area (Å²) in [6, 6.07) is 8.03. The molecular weight excluding hydrogens is 356 g/mol. The summed E-state index contributed by atoms with van der Waals surface area (Å²) in [6.07, 6.45) is 1.66. The lowest BCUT2D eigenvalue weighted by Gasteiger charge is -2.46. The first-order valence-corrected chi connectivity index (χ1v) is 10.2. The predicted molar refractivity (Wildman–Crippen MR) is 110 cm³/mol. The Labute approximate surface area is 167 Å². The molecule has 0 unspecified atom stereocenters. The van der Waals surface area contributed by atoms with E-state index in [1.54, 1.807) is 0 Å². The number of carboxylic acid groups (broad SMARTS) is 1. The topological polar surface area (TPSA) is 76.1 Å². The summed E-state index contributed by atoms with van der Waals surface area (Å²) in [4.78, 5) is 30.6. The summed E-state index contributed by atoms with van der Waals surface area (Å²) in [5, 5.41) is 12.1. The van der Waals surface area contributed by atoms with Gasteiger partial charge in [0.2, 0.25) is 0 Å². The van der Waals surface area contributed by atoms with Crippen LogP contribution in [0.4, 0.5) is 10.5 Å². The van der Waals surface area contributed by atoms with Gasteiger partial charge in [-0.3, -0.25) is 9.69 Å². The number of likely N-dealkylation sites (tertiary alicyclic amines) is 1. The van der Waals surface area contributed by atoms with Gasteiger partial charge in [0.25, 0.3) is 0 Å². The Morgan fingerprint density at radius 2 is 1.79 bits per heavy atom. The van der Waals surface area contributed by atoms with Gasteiger partial charge in [-0.25, -0.2) is 4.79 Å². The number of rotatable bonds is 5. The Kier molecular flexibility index (Phi) is 6.91. The second-order valence-electron chi connectivity index (χ2n) is 8.13. The molecular formula is C21H32N4O3. The molecule has 2 aliphatic heterocycles. The Morgan fingerprint density at radius 1 is 1.11 bits per heavy atom. The molecule has 2 amide bonds. The molecule has 2 atom stereocenters. The number of nitrogens with zero attached hydrogens (tertiary/aromatic N) is 3. The smallest absolute Gasteiger partial charge is 0.321 e. The number of likely N-dealkylation sites (N-methyl/N-ethyl adjacent to an activating group) is 1. The van der Waals surface area contributed by atoms with Crippen molar-refractivity contribution in [3.63, 3.8) is 0 Å². The maximum absolute atomic E-state index is 12.7. The zero-order chi connectivity index (χ0) is 20.1. The SMILES string of the molecule is Cc1ccc(NC(=O)N2CC[C@H](N3CCN(C)CC3)[C@H](CCC(=O)O)C2)cc1. The fraction of sp³-hybridized carbons (Fsp3) is 0.619. The van der Waals surface area contributed by atoms with Gasteiger partial charge in [-0.05, 0) is 44.9 Å². The van der Waals surface area contributed by atoms with Gasteiger partial charge in [-0.1, -0.05) is 17.7 Å². The normalized spacial score (nSPS) is 24.1. The van der Waals surface area contributed by atoms with E-state index in [1.165, 1.54) is 0 Å². The van der Waals surface area contributed by atoms with E-state index in [9.17, 15) is 9.59 Å². The maximum Gasteiger partial charge on any atom is 0.321 e. The fourth-order valence-electron chi connectivity index (χ4n) is 4.27. The van der Waals surface area contributed by atoms with Crippen LogP contribution in [0, 0.1) is 12.8 Å². The zero-order valence-electron chi connectivity index (χ0n) is 16.9. The average Bonchev–Trinajstić information content (AvgIpc) is 2.68. The van der Waals surface area contributed by atoms with Crippen LogP contribution in [0.3, 0.4) is 0 Å². The highest BCUT2D eigenvalue weighted by Gasteiger charge is 2.36. The fourth-order valence-corrected chi connectivity index (χ4v) is 4.27. The number of carbonyl (C=O) groups excluding carboxylic acids is 1. The lowest BCUT2D eigenvalue weighted by Crippen LogP contribution is -2.57. The Balaban J connectivity index is 1.63. The van der Waals surface area contributed by atoms with Crippen LogP contribution in [-0.4, -0.2) is 84.2 Å². The molecule has 1 aromatic carbocycles. The van der Waals surface area contributed by atoms with Crippen molar-refractivity contribution >= 4 is 17.7 Å². The van der Waals surface area contributed by atoms with Crippen LogP contribution in [0.2, 0.25) is 0 Å². The van der Waals surface area contributed by atoms with E-state index in [0.29, 0.717) is 25.6 Å². The maximum atomic E-state index is 12.7. The highest BCUT2D eigenvalue weighted by atomic mass is 16.4. The van der Waals surface area contributed by atoms with Crippen LogP contribution in [0.5, 0.6) is 0 Å². The third-order valence-electron chi connectivity index (χ3n) is 6.02. The molecule has 7 nitrogen and oxygen atoms in total. The second kappa shape index (κ2) is 9.39. The van der Waals surface area contributed by atoms with Crippen molar-refractivity contribution in [3.8, 4) is 0 Å². The lowest BCUT2D eigenvalue weighted by atomic mass is 9.86. The van der Waals surface area contributed by atoms with Crippen molar-refractivity contribution in [2.45, 2.75) is 32.2 Å². The van der Waals surface area contributed by atoms with Crippen LogP contribution < -0.4 is 5.32 Å². The molecule has 0 bridgehead atoms. The average molecular weight is 389 g/mol. The van der Waals surface area contributed by atoms with Crippen molar-refractivity contribution < 1.29 is 14.7 Å². The number of benzene rings is 1. The monoisotopic (exact) mass is 388 g/mol. The number of hydrogen-bond acceptors (Lipinski definition) is 4. The van der Waals surface area contributed by atoms with Gasteiger partial charge in [-0.15, -0.1) is 0 Å². The number of aliphatic carboxylic acids is 1. The number of hydrogen-bond donors (Lipinski definition) is 2. The van der Waals surface area contributed by atoms with Crippen LogP contribution >= 0.6 is 0 Å². The van der Waals surface area contributed by atoms with Crippen LogP contribution in [0.15, 0.2) is 24.3 Å². The summed E-state index contributed by atoms with van der Waals surface area (Å²) >= 11 is 0. The summed E-state index contributed by atoms with van der Waals surface area (Å²) in [5.74, 6) is -0.574. The van der Waals surface area contributed by atoms with E-state index in [4.69, 9.17) is 5.11 Å². The molecule has 2 heterocycles. The first-order chi connectivity index (χ1) is 13.4. The first kappa shape index (κ1) is 20.6. The summed E-state index contributed by atoms with van der Waals surface area (Å²) < 4.78 is 0. The van der Waals surface area contributed by atoms with Crippen molar-refractivity contribution in [1.82, 2.24) is 14.7 Å². The molecule has 0 radical (unpaired) electrons. The van der Waals surface area contributed by atoms with Crippen LogP contribution in [0.1, 0.15) is 24.8 Å². The molecule has 28 heavy (non-hydrogen) atoms. The van der Waals surface area contributed by atoms with Crippen LogP contribution in [0.25, 0.3) is 0 Å². The summed E-state index contributed by atoms with van der Waals surface area (Å²) in [6.45, 7) is 7.45. The van der Waals surface area contributed by atoms with Gasteiger partial charge in [-0.2, -0.15) is 0 Å². The van der Waals surface area contributed by atoms with Gasteiger partial charge in [0.15, 0.2) is 0 Å². The van der Waals surface area contributed by atoms with Gasteiger partial charge < -0.3 is 20.2 Å². The largest absolute Gasteiger partial charge is 0.481 e. The second-order valence-corrected chi connectivity index (χ2v) is 8.13. The van der Waals surface area contributed by atoms with E-state index >= 15 is 0 Å². The lowest BCUT2D eigenvalue weighted by molar-refractivity contribution is -0.137. The molecule has 2 N–H and O–H groups in total. The molecule has 3 rings (SSSR count). The molecule has 154 valence electrons. The molecule has 1 aromatic rings. The highest BCUT2D eigenvalue weighted by molar-refractivity contribution is 5.89. The Bertz CT molecular complexity index is 671. The third-order valence-corrected chi connectivity index (χ3v) is 6.02. The minimum absolute atomic E-state index is 0.0963. The molecule has 2 saturated heterocycles. The minimum atomic E-state index is -0.765. The molecule has 7 heteroatoms. The van der Waals surface area contributed by atoms with E-state index in [2.05, 4.69) is 22.2 Å². The number of carbonyl (C=O) groups is 2. The minimum Gasteiger partial charge on any atom is -0.481 e. The number of carboxylic acids is 1. The van der Waals surface area contributed by atoms with E-state index in [1.807, 2.05) is 36.1 Å². The molecule has 0 saturated carbocycles. The predicted octanol–water partition coefficient (Wildman–Crippen LogP) is 2.33. The Hall–Kier alpha value is -2.12. The van der Waals surface area contributed by atoms with Crippen molar-refractivity contribution in [2.75, 3.05) is 51.6 Å². The highest BCUT2D eigenvalue weighted by Crippen LogP contribution is 2.27. The number of nitrogens with one attached hydrogen (secondary N) is 1. The van der Waals surface area contributed by atoms with Gasteiger partial charge >= 0.3 is 12.0 Å². The molecule has 0 aliphatic carbocycles. The number of piperazine rings is 1. The van der Waals surface area contributed by atoms with Gasteiger partial charge in [0, 0.05) is 57.4 Å². The quantitative estimate of drug-likeness (QED) is 0.810. The number of amides is 2. The summed E-state index contributed by atoms with van der Waals surface area (Å²) in [7, 11) is 2.14. The molecule has 0 spiro atoms. The molecule has 2 aliphatic rings. The van der Waals surface area contributed by atoms with Crippen molar-refractivity contribution in [1.29, 1.82) is 0 Å². The molecule has 2 fully saturated rings. The van der Waals surface area contributed by atoms with Gasteiger partial charge in [0.1, 0.15) is 0 Å². The standard InChI is InChI=1S/C21H32N4O3/c1-16-3-6-18(7-4-16)22-21(28)25-10-9-19(17(15-25)5-8-20(26)27)24-13-11-23(2)12-14-24/h3-4,6-7,17,19H,5,8-15H2,1-2H3,(H,22,28)(H,26,27)/t17-,19+/m1/s1. The van der Waals surface area contributed by atoms with E-state index in [-0.39, 0.29) is 18.4 Å². The molecule has 0 aromatic heterocycles. The number of urea groups is 1. The third kappa shape index (κ3) is 5.45. The number of piperidine rings is 1. The number of anilines is 1. The van der Waals surface area contributed by atoms with E-state index < -0.39 is 5.97 Å². The van der Waals surface area contributed by atoms with Crippen molar-refractivity contribution in [3.05, 3.63) is 29.8 Å². The van der Waals surface area contributed by atoms with E-state index in [0.717, 1.165) is 43.9 Å². The summed E-state index contributed by atoms with van der Waals surface area (Å²) in [5.41, 5.74) is 1.94. The Morgan fingerprint density at radius 3 is 2.43 bits per heavy atom.